The van der Waals surface area contributed by atoms with Gasteiger partial charge in [-0.05, 0) is 74.0 Å². The molecule has 3 saturated carbocycles. The summed E-state index contributed by atoms with van der Waals surface area (Å²) in [6, 6.07) is 0. The van der Waals surface area contributed by atoms with E-state index in [4.69, 9.17) is 5.11 Å². The standard InChI is InChI=1S/C22H32O3/c1-5-13(2)21-15(8-6-7-9-18(24)25)19-14(3)10-11-17(23)20(19)16-12-22(16,21)4/h5-9,14-17,19-21,23H,10-12H2,1-4H3,(H,24,25)/b8-6+,9-7+,13-5+/t14-,15-,16+,17-,19-,20-,21-,22+/m0/s1. The molecule has 3 fully saturated rings. The number of allylic oxidation sites excluding steroid dienone is 5. The summed E-state index contributed by atoms with van der Waals surface area (Å²) in [5, 5.41) is 19.6. The van der Waals surface area contributed by atoms with Crippen molar-refractivity contribution in [2.24, 2.45) is 40.9 Å². The second-order valence-corrected chi connectivity index (χ2v) is 8.76. The van der Waals surface area contributed by atoms with Gasteiger partial charge >= 0.3 is 5.97 Å². The summed E-state index contributed by atoms with van der Waals surface area (Å²) in [6.07, 6.45) is 12.2. The number of carboxylic acids is 1. The first kappa shape index (κ1) is 18.4. The van der Waals surface area contributed by atoms with E-state index in [1.54, 1.807) is 6.08 Å². The monoisotopic (exact) mass is 344 g/mol. The molecule has 0 aromatic rings. The van der Waals surface area contributed by atoms with Crippen molar-refractivity contribution in [2.45, 2.75) is 53.1 Å². The molecule has 0 heterocycles. The van der Waals surface area contributed by atoms with Gasteiger partial charge in [0, 0.05) is 6.08 Å². The van der Waals surface area contributed by atoms with E-state index in [-0.39, 0.29) is 11.5 Å². The summed E-state index contributed by atoms with van der Waals surface area (Å²) in [7, 11) is 0. The lowest BCUT2D eigenvalue weighted by Gasteiger charge is -2.52. The number of fused-ring (bicyclic) bond motifs is 3. The summed E-state index contributed by atoms with van der Waals surface area (Å²) in [5.74, 6) is 2.06. The second-order valence-electron chi connectivity index (χ2n) is 8.76. The van der Waals surface area contributed by atoms with Crippen LogP contribution in [-0.4, -0.2) is 22.3 Å². The van der Waals surface area contributed by atoms with Crippen LogP contribution >= 0.6 is 0 Å². The minimum Gasteiger partial charge on any atom is -0.478 e. The SMILES string of the molecule is C/C=C(\C)[C@H]1[C@@H](/C=C/C=C/C(=O)O)[C@H]2[C@@H]([C@H]3C[C@]31C)[C@@H](O)CC[C@@H]2C. The van der Waals surface area contributed by atoms with Crippen LogP contribution in [0.25, 0.3) is 0 Å². The number of aliphatic hydroxyl groups is 1. The second kappa shape index (κ2) is 6.75. The molecule has 3 aliphatic carbocycles. The van der Waals surface area contributed by atoms with Crippen LogP contribution in [0.4, 0.5) is 0 Å². The first-order valence-corrected chi connectivity index (χ1v) is 9.70. The summed E-state index contributed by atoms with van der Waals surface area (Å²) >= 11 is 0. The Bertz CT molecular complexity index is 617. The van der Waals surface area contributed by atoms with E-state index in [9.17, 15) is 9.90 Å². The predicted octanol–water partition coefficient (Wildman–Crippen LogP) is 4.45. The zero-order valence-electron chi connectivity index (χ0n) is 15.9. The number of aliphatic carboxylic acids is 1. The number of aliphatic hydroxyl groups excluding tert-OH is 1. The van der Waals surface area contributed by atoms with Gasteiger partial charge in [0.1, 0.15) is 0 Å². The van der Waals surface area contributed by atoms with Gasteiger partial charge in [-0.15, -0.1) is 0 Å². The molecule has 0 aliphatic heterocycles. The Hall–Kier alpha value is -1.35. The number of hydrogen-bond donors (Lipinski definition) is 2. The molecule has 0 unspecified atom stereocenters. The Kier molecular flexibility index (Phi) is 4.98. The molecular formula is C22H32O3. The number of hydrogen-bond acceptors (Lipinski definition) is 2. The number of carbonyl (C=O) groups is 1. The van der Waals surface area contributed by atoms with Crippen LogP contribution in [0.15, 0.2) is 36.0 Å². The molecular weight excluding hydrogens is 312 g/mol. The summed E-state index contributed by atoms with van der Waals surface area (Å²) < 4.78 is 0. The maximum Gasteiger partial charge on any atom is 0.328 e. The summed E-state index contributed by atoms with van der Waals surface area (Å²) in [6.45, 7) is 9.09. The van der Waals surface area contributed by atoms with Gasteiger partial charge in [-0.3, -0.25) is 0 Å². The van der Waals surface area contributed by atoms with Crippen molar-refractivity contribution in [1.29, 1.82) is 0 Å². The zero-order chi connectivity index (χ0) is 18.4. The van der Waals surface area contributed by atoms with Crippen molar-refractivity contribution in [1.82, 2.24) is 0 Å². The van der Waals surface area contributed by atoms with Crippen LogP contribution in [0.1, 0.15) is 47.0 Å². The first-order valence-electron chi connectivity index (χ1n) is 9.70. The van der Waals surface area contributed by atoms with Crippen LogP contribution in [0.3, 0.4) is 0 Å². The molecule has 138 valence electrons. The van der Waals surface area contributed by atoms with Gasteiger partial charge in [0.05, 0.1) is 6.10 Å². The van der Waals surface area contributed by atoms with E-state index < -0.39 is 5.97 Å². The van der Waals surface area contributed by atoms with E-state index in [1.165, 1.54) is 18.1 Å². The van der Waals surface area contributed by atoms with Crippen LogP contribution < -0.4 is 0 Å². The molecule has 3 rings (SSSR count). The third kappa shape index (κ3) is 3.12. The summed E-state index contributed by atoms with van der Waals surface area (Å²) in [5.41, 5.74) is 1.72. The Labute approximate surface area is 151 Å². The highest BCUT2D eigenvalue weighted by atomic mass is 16.4. The average molecular weight is 344 g/mol. The van der Waals surface area contributed by atoms with Gasteiger partial charge in [0.2, 0.25) is 0 Å². The molecule has 2 N–H and O–H groups in total. The molecule has 0 amide bonds. The molecule has 3 nitrogen and oxygen atoms in total. The van der Waals surface area contributed by atoms with E-state index >= 15 is 0 Å². The Morgan fingerprint density at radius 3 is 2.56 bits per heavy atom. The largest absolute Gasteiger partial charge is 0.478 e. The van der Waals surface area contributed by atoms with Gasteiger partial charge in [-0.2, -0.15) is 0 Å². The van der Waals surface area contributed by atoms with Gasteiger partial charge in [0.25, 0.3) is 0 Å². The summed E-state index contributed by atoms with van der Waals surface area (Å²) in [4.78, 5) is 10.7. The van der Waals surface area contributed by atoms with Crippen LogP contribution in [0.5, 0.6) is 0 Å². The fourth-order valence-corrected chi connectivity index (χ4v) is 6.21. The Morgan fingerprint density at radius 1 is 1.20 bits per heavy atom. The third-order valence-electron chi connectivity index (χ3n) is 7.44. The van der Waals surface area contributed by atoms with Crippen LogP contribution in [0.2, 0.25) is 0 Å². The molecule has 0 spiro atoms. The average Bonchev–Trinajstić information content (AvgIpc) is 3.25. The molecule has 0 bridgehead atoms. The third-order valence-corrected chi connectivity index (χ3v) is 7.44. The van der Waals surface area contributed by atoms with E-state index in [0.717, 1.165) is 12.8 Å². The molecule has 25 heavy (non-hydrogen) atoms. The highest BCUT2D eigenvalue weighted by Crippen LogP contribution is 2.72. The van der Waals surface area contributed by atoms with Gasteiger partial charge in [0.15, 0.2) is 0 Å². The van der Waals surface area contributed by atoms with E-state index in [2.05, 4.69) is 39.8 Å². The minimum atomic E-state index is -0.914. The molecule has 0 aromatic heterocycles. The lowest BCUT2D eigenvalue weighted by atomic mass is 9.53. The topological polar surface area (TPSA) is 57.5 Å². The van der Waals surface area contributed by atoms with E-state index in [1.807, 2.05) is 6.08 Å². The van der Waals surface area contributed by atoms with Crippen LogP contribution in [-0.2, 0) is 4.79 Å². The Morgan fingerprint density at radius 2 is 1.92 bits per heavy atom. The fourth-order valence-electron chi connectivity index (χ4n) is 6.21. The highest BCUT2D eigenvalue weighted by Gasteiger charge is 2.68. The first-order chi connectivity index (χ1) is 11.8. The maximum atomic E-state index is 10.7. The van der Waals surface area contributed by atoms with E-state index in [0.29, 0.717) is 35.5 Å². The molecule has 0 aromatic carbocycles. The fraction of sp³-hybridized carbons (Fsp3) is 0.682. The van der Waals surface area contributed by atoms with Crippen LogP contribution in [0, 0.1) is 40.9 Å². The quantitative estimate of drug-likeness (QED) is 0.450. The Balaban J connectivity index is 1.98. The smallest absolute Gasteiger partial charge is 0.328 e. The molecule has 0 saturated heterocycles. The number of carboxylic acid groups (broad SMARTS) is 1. The highest BCUT2D eigenvalue weighted by molar-refractivity contribution is 5.80. The zero-order valence-corrected chi connectivity index (χ0v) is 15.9. The van der Waals surface area contributed by atoms with Gasteiger partial charge < -0.3 is 10.2 Å². The lowest BCUT2D eigenvalue weighted by molar-refractivity contribution is -0.131. The lowest BCUT2D eigenvalue weighted by Crippen LogP contribution is -2.49. The molecule has 3 heteroatoms. The van der Waals surface area contributed by atoms with Gasteiger partial charge in [-0.1, -0.05) is 43.7 Å². The predicted molar refractivity (Wildman–Crippen MR) is 99.9 cm³/mol. The molecule has 0 radical (unpaired) electrons. The van der Waals surface area contributed by atoms with Crippen molar-refractivity contribution in [3.63, 3.8) is 0 Å². The van der Waals surface area contributed by atoms with Gasteiger partial charge in [-0.25, -0.2) is 4.79 Å². The van der Waals surface area contributed by atoms with Crippen molar-refractivity contribution in [3.8, 4) is 0 Å². The number of rotatable bonds is 4. The van der Waals surface area contributed by atoms with Crippen molar-refractivity contribution >= 4 is 5.97 Å². The van der Waals surface area contributed by atoms with Crippen molar-refractivity contribution in [2.75, 3.05) is 0 Å². The maximum absolute atomic E-state index is 10.7. The normalized spacial score (nSPS) is 46.9. The molecule has 8 atom stereocenters. The van der Waals surface area contributed by atoms with Crippen molar-refractivity contribution < 1.29 is 15.0 Å². The molecule has 3 aliphatic rings. The minimum absolute atomic E-state index is 0.176. The van der Waals surface area contributed by atoms with Crippen molar-refractivity contribution in [3.05, 3.63) is 36.0 Å².